The maximum atomic E-state index is 13.1. The number of esters is 4. The number of phosphoric acid groups is 2. The number of rotatable bonds is 78. The summed E-state index contributed by atoms with van der Waals surface area (Å²) in [5, 5.41) is 10.7. The maximum Gasteiger partial charge on any atom is 0.472 e. The van der Waals surface area contributed by atoms with Gasteiger partial charge in [0.25, 0.3) is 0 Å². The summed E-state index contributed by atoms with van der Waals surface area (Å²) in [7, 11) is -10.1. The molecule has 0 aliphatic rings. The molecule has 0 heterocycles. The first-order valence-electron chi connectivity index (χ1n) is 42.7. The van der Waals surface area contributed by atoms with Crippen LogP contribution in [0.3, 0.4) is 0 Å². The molecule has 634 valence electrons. The molecule has 0 aromatic carbocycles. The van der Waals surface area contributed by atoms with Crippen molar-refractivity contribution in [2.45, 2.75) is 329 Å². The van der Waals surface area contributed by atoms with E-state index in [0.717, 1.165) is 116 Å². The fraction of sp³-hybridized carbons (Fsp3) is 0.613. The van der Waals surface area contributed by atoms with E-state index >= 15 is 0 Å². The van der Waals surface area contributed by atoms with Gasteiger partial charge >= 0.3 is 39.5 Å². The SMILES string of the molecule is CCCCC/C=C\C/C=C\C/C=C\C/C=C\C/C=C\CCC(=O)OC[C@H](COP(=O)(O)OC[C@@H](O)COP(=O)(O)OC[C@@H](COC(=O)CCCCCCC/C=C\CCCCCCCC)OC(=O)CC/C=C\C/C=C\C/C=C\C/C=C\C/C=C\CCCCC)OC(=O)CC/C=C\C/C=C\C/C=C\C/C=C\C/C=C\CCCCC. The molecule has 17 nitrogen and oxygen atoms in total. The standard InChI is InChI=1S/C93H150O17P2/c1-5-9-13-17-21-25-29-33-37-40-43-46-50-54-58-62-66-70-74-78-91(96)104-84-89(110-93(98)80-76-72-68-64-60-56-52-48-45-42-39-35-31-27-23-19-15-11-7-3)86-108-112(101,102)106-82-87(94)81-105-111(99,100)107-85-88(83-103-90(95)77-73-69-65-61-57-53-49-36-32-28-24-20-16-12-8-4)109-92(97)79-75-71-67-63-59-55-51-47-44-41-38-34-30-26-22-18-14-10-6-2/h21-23,25-27,33-39,43-49,54-56,58-60,66-68,70-72,87-89,94H,5-20,24,28-32,40-42,50-53,57,61-65,69,73-86H2,1-4H3,(H,99,100)(H,101,102)/b25-21-,26-22-,27-23-,37-33-,38-34-,39-35-,46-43-,47-44-,48-45-,49-36-,58-54-,59-55-,60-56-,70-66-,71-67-,72-68-/t87-,88+,89+/m0/s1. The van der Waals surface area contributed by atoms with Crippen molar-refractivity contribution in [3.8, 4) is 0 Å². The molecule has 0 bridgehead atoms. The van der Waals surface area contributed by atoms with Gasteiger partial charge < -0.3 is 33.8 Å². The van der Waals surface area contributed by atoms with E-state index in [1.807, 2.05) is 54.7 Å². The van der Waals surface area contributed by atoms with Crippen LogP contribution in [-0.4, -0.2) is 96.7 Å². The summed E-state index contributed by atoms with van der Waals surface area (Å²) < 4.78 is 68.5. The summed E-state index contributed by atoms with van der Waals surface area (Å²) >= 11 is 0. The second-order valence-corrected chi connectivity index (χ2v) is 30.6. The van der Waals surface area contributed by atoms with Gasteiger partial charge in [0.05, 0.1) is 26.4 Å². The third kappa shape index (κ3) is 81.9. The van der Waals surface area contributed by atoms with E-state index in [1.54, 1.807) is 0 Å². The number of carbonyl (C=O) groups excluding carboxylic acids is 4. The minimum absolute atomic E-state index is 0.0130. The molecule has 5 atom stereocenters. The Bertz CT molecular complexity index is 2890. The minimum atomic E-state index is -5.03. The monoisotopic (exact) mass is 1600 g/mol. The Kier molecular flexibility index (Phi) is 78.4. The van der Waals surface area contributed by atoms with Crippen molar-refractivity contribution >= 4 is 39.5 Å². The minimum Gasteiger partial charge on any atom is -0.462 e. The number of aliphatic hydroxyl groups excluding tert-OH is 1. The van der Waals surface area contributed by atoms with Crippen molar-refractivity contribution in [3.05, 3.63) is 194 Å². The lowest BCUT2D eigenvalue weighted by Gasteiger charge is -2.21. The maximum absolute atomic E-state index is 13.1. The second kappa shape index (κ2) is 82.9. The summed E-state index contributed by atoms with van der Waals surface area (Å²) in [6.07, 6.45) is 103. The Morgan fingerprint density at radius 1 is 0.250 bits per heavy atom. The zero-order valence-electron chi connectivity index (χ0n) is 69.5. The summed E-state index contributed by atoms with van der Waals surface area (Å²) in [5.41, 5.74) is 0. The van der Waals surface area contributed by atoms with Gasteiger partial charge in [-0.25, -0.2) is 9.13 Å². The zero-order valence-corrected chi connectivity index (χ0v) is 71.3. The van der Waals surface area contributed by atoms with Gasteiger partial charge in [0, 0.05) is 25.7 Å². The molecule has 0 aromatic heterocycles. The lowest BCUT2D eigenvalue weighted by Crippen LogP contribution is -2.30. The van der Waals surface area contributed by atoms with Crippen LogP contribution in [-0.2, 0) is 65.4 Å². The van der Waals surface area contributed by atoms with Crippen LogP contribution in [0, 0.1) is 0 Å². The van der Waals surface area contributed by atoms with Crippen molar-refractivity contribution in [3.63, 3.8) is 0 Å². The van der Waals surface area contributed by atoms with Crippen LogP contribution >= 0.6 is 15.6 Å². The Hall–Kier alpha value is -6.10. The number of hydrogen-bond acceptors (Lipinski definition) is 15. The third-order valence-corrected chi connectivity index (χ3v) is 18.9. The van der Waals surface area contributed by atoms with E-state index in [0.29, 0.717) is 44.9 Å². The Labute approximate surface area is 678 Å². The fourth-order valence-electron chi connectivity index (χ4n) is 10.5. The quantitative estimate of drug-likeness (QED) is 0.0169. The van der Waals surface area contributed by atoms with Gasteiger partial charge in [-0.1, -0.05) is 312 Å². The number of carbonyl (C=O) groups is 4. The molecule has 19 heteroatoms. The summed E-state index contributed by atoms with van der Waals surface area (Å²) in [4.78, 5) is 73.1. The second-order valence-electron chi connectivity index (χ2n) is 27.7. The van der Waals surface area contributed by atoms with E-state index in [2.05, 4.69) is 167 Å². The number of unbranched alkanes of at least 4 members (excludes halogenated alkanes) is 20. The number of phosphoric ester groups is 2. The fourth-order valence-corrected chi connectivity index (χ4v) is 12.1. The van der Waals surface area contributed by atoms with Crippen molar-refractivity contribution in [2.24, 2.45) is 0 Å². The molecule has 2 unspecified atom stereocenters. The Balaban J connectivity index is 5.61. The highest BCUT2D eigenvalue weighted by Crippen LogP contribution is 2.45. The molecule has 0 saturated carbocycles. The van der Waals surface area contributed by atoms with Crippen LogP contribution in [0.4, 0.5) is 0 Å². The van der Waals surface area contributed by atoms with Gasteiger partial charge in [-0.2, -0.15) is 0 Å². The first-order chi connectivity index (χ1) is 54.7. The van der Waals surface area contributed by atoms with Crippen LogP contribution < -0.4 is 0 Å². The number of hydrogen-bond donors (Lipinski definition) is 3. The van der Waals surface area contributed by atoms with E-state index in [1.165, 1.54) is 96.3 Å². The normalized spacial score (nSPS) is 14.7. The molecule has 3 N–H and O–H groups in total. The molecule has 0 aliphatic carbocycles. The van der Waals surface area contributed by atoms with Gasteiger partial charge in [-0.05, 0) is 167 Å². The molecule has 0 radical (unpaired) electrons. The lowest BCUT2D eigenvalue weighted by molar-refractivity contribution is -0.161. The zero-order chi connectivity index (χ0) is 81.7. The Morgan fingerprint density at radius 2 is 0.455 bits per heavy atom. The Morgan fingerprint density at radius 3 is 0.750 bits per heavy atom. The molecule has 112 heavy (non-hydrogen) atoms. The number of allylic oxidation sites excluding steroid dienone is 32. The summed E-state index contributed by atoms with van der Waals surface area (Å²) in [6.45, 7) is 4.51. The summed E-state index contributed by atoms with van der Waals surface area (Å²) in [5.74, 6) is -2.49. The molecule has 0 fully saturated rings. The van der Waals surface area contributed by atoms with Crippen molar-refractivity contribution in [2.75, 3.05) is 39.6 Å². The molecule has 0 rings (SSSR count). The molecule has 0 spiro atoms. The van der Waals surface area contributed by atoms with Gasteiger partial charge in [-0.15, -0.1) is 0 Å². The molecule has 0 aliphatic heterocycles. The van der Waals surface area contributed by atoms with E-state index in [-0.39, 0.29) is 25.7 Å². The van der Waals surface area contributed by atoms with E-state index < -0.39 is 97.5 Å². The van der Waals surface area contributed by atoms with Gasteiger partial charge in [0.15, 0.2) is 12.2 Å². The first kappa shape index (κ1) is 106. The highest BCUT2D eigenvalue weighted by Gasteiger charge is 2.30. The average Bonchev–Trinajstić information content (AvgIpc) is 0.908. The predicted octanol–water partition coefficient (Wildman–Crippen LogP) is 25.7. The largest absolute Gasteiger partial charge is 0.472 e. The smallest absolute Gasteiger partial charge is 0.462 e. The molecule has 0 saturated heterocycles. The average molecular weight is 1600 g/mol. The lowest BCUT2D eigenvalue weighted by atomic mass is 10.1. The van der Waals surface area contributed by atoms with E-state index in [9.17, 15) is 43.2 Å². The molecule has 0 aromatic rings. The van der Waals surface area contributed by atoms with Crippen molar-refractivity contribution in [1.82, 2.24) is 0 Å². The topological polar surface area (TPSA) is 237 Å². The van der Waals surface area contributed by atoms with Crippen LogP contribution in [0.5, 0.6) is 0 Å². The van der Waals surface area contributed by atoms with E-state index in [4.69, 9.17) is 37.0 Å². The van der Waals surface area contributed by atoms with Crippen LogP contribution in [0.1, 0.15) is 310 Å². The third-order valence-electron chi connectivity index (χ3n) is 17.0. The number of aliphatic hydroxyl groups is 1. The van der Waals surface area contributed by atoms with Gasteiger partial charge in [0.1, 0.15) is 19.3 Å². The molecular formula is C93H150O17P2. The van der Waals surface area contributed by atoms with Crippen LogP contribution in [0.2, 0.25) is 0 Å². The molecule has 0 amide bonds. The highest BCUT2D eigenvalue weighted by molar-refractivity contribution is 7.47. The first-order valence-corrected chi connectivity index (χ1v) is 45.7. The number of ether oxygens (including phenoxy) is 4. The van der Waals surface area contributed by atoms with Crippen LogP contribution in [0.25, 0.3) is 0 Å². The van der Waals surface area contributed by atoms with Crippen LogP contribution in [0.15, 0.2) is 194 Å². The highest BCUT2D eigenvalue weighted by atomic mass is 31.2. The van der Waals surface area contributed by atoms with Gasteiger partial charge in [0.2, 0.25) is 0 Å². The predicted molar refractivity (Wildman–Crippen MR) is 463 cm³/mol. The van der Waals surface area contributed by atoms with Gasteiger partial charge in [-0.3, -0.25) is 37.3 Å². The summed E-state index contributed by atoms with van der Waals surface area (Å²) in [6, 6.07) is 0. The van der Waals surface area contributed by atoms with Crippen molar-refractivity contribution < 1.29 is 80.2 Å². The molecular weight excluding hydrogens is 1450 g/mol. The van der Waals surface area contributed by atoms with Crippen molar-refractivity contribution in [1.29, 1.82) is 0 Å².